The summed E-state index contributed by atoms with van der Waals surface area (Å²) in [4.78, 5) is 13.2. The number of ether oxygens (including phenoxy) is 1. The summed E-state index contributed by atoms with van der Waals surface area (Å²) in [5.74, 6) is -1.53. The Morgan fingerprint density at radius 3 is 2.82 bits per heavy atom. The summed E-state index contributed by atoms with van der Waals surface area (Å²) < 4.78 is 35.2. The maximum Gasteiger partial charge on any atom is 0.164 e. The van der Waals surface area contributed by atoms with Gasteiger partial charge >= 0.3 is 0 Å². The van der Waals surface area contributed by atoms with Crippen LogP contribution in [0, 0.1) is 34.8 Å². The number of hydrogen-bond donors (Lipinski definition) is 2. The number of hydrogen-bond acceptors (Lipinski definition) is 8. The molecule has 1 fully saturated rings. The molecule has 0 unspecified atom stereocenters. The highest BCUT2D eigenvalue weighted by Gasteiger charge is 2.72. The van der Waals surface area contributed by atoms with Gasteiger partial charge in [-0.3, -0.25) is 9.98 Å². The molecule has 2 aromatic heterocycles. The molecule has 1 aliphatic carbocycles. The van der Waals surface area contributed by atoms with Gasteiger partial charge in [-0.25, -0.2) is 13.8 Å². The van der Waals surface area contributed by atoms with Crippen LogP contribution in [-0.2, 0) is 10.3 Å². The number of nitrogens with one attached hydrogen (secondary N) is 1. The van der Waals surface area contributed by atoms with Gasteiger partial charge in [0.2, 0.25) is 0 Å². The van der Waals surface area contributed by atoms with Crippen molar-refractivity contribution in [1.29, 1.82) is 5.26 Å². The van der Waals surface area contributed by atoms with E-state index in [1.807, 2.05) is 6.07 Å². The highest BCUT2D eigenvalue weighted by molar-refractivity contribution is 8.15. The maximum absolute atomic E-state index is 15.2. The van der Waals surface area contributed by atoms with Crippen molar-refractivity contribution in [2.75, 3.05) is 19.0 Å². The highest BCUT2D eigenvalue weighted by atomic mass is 32.2. The van der Waals surface area contributed by atoms with Crippen LogP contribution in [0.25, 0.3) is 10.9 Å². The van der Waals surface area contributed by atoms with Crippen molar-refractivity contribution in [3.63, 3.8) is 0 Å². The zero-order valence-electron chi connectivity index (χ0n) is 18.8. The number of amidine groups is 1. The number of nitrogens with zero attached hydrogens (tertiary/aromatic N) is 4. The van der Waals surface area contributed by atoms with E-state index in [1.165, 1.54) is 18.0 Å². The molecule has 0 radical (unpaired) electrons. The summed E-state index contributed by atoms with van der Waals surface area (Å²) in [6.07, 6.45) is 3.00. The van der Waals surface area contributed by atoms with E-state index < -0.39 is 17.2 Å². The average molecular weight is 481 g/mol. The van der Waals surface area contributed by atoms with Crippen molar-refractivity contribution in [3.05, 3.63) is 59.4 Å². The molecule has 3 N–H and O–H groups in total. The number of thioether (sulfide) groups is 1. The van der Waals surface area contributed by atoms with Gasteiger partial charge in [0.05, 0.1) is 22.5 Å². The van der Waals surface area contributed by atoms with Crippen LogP contribution < -0.4 is 11.1 Å². The molecule has 3 heterocycles. The smallest absolute Gasteiger partial charge is 0.164 e. The molecule has 0 amide bonds. The number of nitriles is 1. The number of benzene rings is 1. The van der Waals surface area contributed by atoms with Crippen LogP contribution in [0.5, 0.6) is 0 Å². The van der Waals surface area contributed by atoms with Gasteiger partial charge in [-0.1, -0.05) is 18.7 Å². The van der Waals surface area contributed by atoms with Crippen molar-refractivity contribution in [1.82, 2.24) is 9.97 Å². The third kappa shape index (κ3) is 3.30. The molecule has 2 aliphatic rings. The lowest BCUT2D eigenvalue weighted by atomic mass is 9.84. The molecule has 0 spiro atoms. The van der Waals surface area contributed by atoms with E-state index in [2.05, 4.69) is 27.2 Å². The molecule has 34 heavy (non-hydrogen) atoms. The van der Waals surface area contributed by atoms with E-state index in [4.69, 9.17) is 15.7 Å². The first kappa shape index (κ1) is 22.5. The fourth-order valence-electron chi connectivity index (χ4n) is 5.32. The predicted molar refractivity (Wildman–Crippen MR) is 128 cm³/mol. The quantitative estimate of drug-likeness (QED) is 0.555. The summed E-state index contributed by atoms with van der Waals surface area (Å²) in [6, 6.07) is 8.10. The number of nitrogens with two attached hydrogens (primary N) is 1. The Bertz CT molecular complexity index is 1390. The Morgan fingerprint density at radius 2 is 2.09 bits per heavy atom. The lowest BCUT2D eigenvalue weighted by Gasteiger charge is -2.34. The number of methoxy groups -OCH3 is 1. The molecule has 1 aliphatic heterocycles. The molecule has 7 nitrogen and oxygen atoms in total. The number of aromatic nitrogens is 2. The second-order valence-electron chi connectivity index (χ2n) is 8.87. The maximum atomic E-state index is 15.2. The van der Waals surface area contributed by atoms with Gasteiger partial charge in [-0.05, 0) is 31.0 Å². The summed E-state index contributed by atoms with van der Waals surface area (Å²) >= 11 is 1.44. The van der Waals surface area contributed by atoms with Gasteiger partial charge in [-0.15, -0.1) is 0 Å². The van der Waals surface area contributed by atoms with E-state index in [9.17, 15) is 4.39 Å². The van der Waals surface area contributed by atoms with Crippen LogP contribution in [0.15, 0.2) is 41.7 Å². The summed E-state index contributed by atoms with van der Waals surface area (Å²) in [5, 5.41) is 13.2. The number of halogens is 2. The van der Waals surface area contributed by atoms with Crippen LogP contribution >= 0.6 is 11.8 Å². The zero-order chi connectivity index (χ0) is 24.3. The molecule has 1 aromatic carbocycles. The summed E-state index contributed by atoms with van der Waals surface area (Å²) in [7, 11) is 1.62. The first-order valence-corrected chi connectivity index (χ1v) is 11.5. The van der Waals surface area contributed by atoms with E-state index in [0.29, 0.717) is 39.7 Å². The fraction of sp³-hybridized carbons (Fsp3) is 0.333. The van der Waals surface area contributed by atoms with Crippen molar-refractivity contribution in [2.24, 2.45) is 22.6 Å². The summed E-state index contributed by atoms with van der Waals surface area (Å²) in [6.45, 7) is 4.29. The van der Waals surface area contributed by atoms with Crippen molar-refractivity contribution in [2.45, 2.75) is 24.1 Å². The SMILES string of the molecule is COC[C@@]12SC(N)=N[C@](C)(c3cc(Nc4nccc5cc(C#N)cnc45)cc(F)c3F)[C@@H]1[C@@H]2C. The van der Waals surface area contributed by atoms with Crippen molar-refractivity contribution >= 4 is 39.3 Å². The van der Waals surface area contributed by atoms with Gasteiger partial charge in [0.1, 0.15) is 11.6 Å². The minimum absolute atomic E-state index is 0.0804. The third-order valence-electron chi connectivity index (χ3n) is 6.87. The molecule has 174 valence electrons. The monoisotopic (exact) mass is 480 g/mol. The van der Waals surface area contributed by atoms with Gasteiger partial charge < -0.3 is 15.8 Å². The Labute approximate surface area is 199 Å². The van der Waals surface area contributed by atoms with Crippen molar-refractivity contribution in [3.8, 4) is 6.07 Å². The molecule has 5 rings (SSSR count). The largest absolute Gasteiger partial charge is 0.383 e. The highest BCUT2D eigenvalue weighted by Crippen LogP contribution is 2.69. The van der Waals surface area contributed by atoms with E-state index in [0.717, 1.165) is 6.07 Å². The summed E-state index contributed by atoms with van der Waals surface area (Å²) in [5.41, 5.74) is 6.44. The standard InChI is InChI=1S/C24H22F2N6OS/c1-12-20-23(2,32-22(28)34-24(12,20)11-33-3)16-7-15(8-17(25)18(16)26)31-21-19-14(4-5-29-21)6-13(9-27)10-30-19/h4-8,10,12,20H,11H2,1-3H3,(H2,28,32)(H,29,31)/t12-,20-,23+,24-/m0/s1. The molecular weight excluding hydrogens is 458 g/mol. The Hall–Kier alpha value is -3.29. The van der Waals surface area contributed by atoms with Gasteiger partial charge in [0, 0.05) is 48.1 Å². The zero-order valence-corrected chi connectivity index (χ0v) is 19.6. The van der Waals surface area contributed by atoms with Crippen LogP contribution in [0.1, 0.15) is 25.0 Å². The van der Waals surface area contributed by atoms with Crippen molar-refractivity contribution < 1.29 is 13.5 Å². The van der Waals surface area contributed by atoms with Gasteiger partial charge in [-0.2, -0.15) is 5.26 Å². The van der Waals surface area contributed by atoms with E-state index >= 15 is 4.39 Å². The number of anilines is 2. The molecule has 0 bridgehead atoms. The van der Waals surface area contributed by atoms with Gasteiger partial charge in [0.15, 0.2) is 22.6 Å². The van der Waals surface area contributed by atoms with E-state index in [1.54, 1.807) is 38.4 Å². The number of rotatable bonds is 5. The molecular formula is C24H22F2N6OS. The van der Waals surface area contributed by atoms with Crippen LogP contribution in [0.3, 0.4) is 0 Å². The van der Waals surface area contributed by atoms with E-state index in [-0.39, 0.29) is 22.1 Å². The van der Waals surface area contributed by atoms with Gasteiger partial charge in [0.25, 0.3) is 0 Å². The lowest BCUT2D eigenvalue weighted by Crippen LogP contribution is -2.37. The Morgan fingerprint density at radius 1 is 1.29 bits per heavy atom. The molecule has 3 aromatic rings. The fourth-order valence-corrected chi connectivity index (χ4v) is 6.93. The van der Waals surface area contributed by atoms with Crippen LogP contribution in [0.2, 0.25) is 0 Å². The Kier molecular flexibility index (Phi) is 5.22. The number of fused-ring (bicyclic) bond motifs is 2. The van der Waals surface area contributed by atoms with Crippen LogP contribution in [0.4, 0.5) is 20.3 Å². The normalized spacial score (nSPS) is 27.6. The molecule has 10 heteroatoms. The predicted octanol–water partition coefficient (Wildman–Crippen LogP) is 4.45. The lowest BCUT2D eigenvalue weighted by molar-refractivity contribution is 0.183. The van der Waals surface area contributed by atoms with Crippen LogP contribution in [-0.4, -0.2) is 33.6 Å². The average Bonchev–Trinajstić information content (AvgIpc) is 3.39. The first-order valence-electron chi connectivity index (χ1n) is 10.7. The second kappa shape index (κ2) is 7.89. The minimum atomic E-state index is -1.07. The topological polar surface area (TPSA) is 109 Å². The molecule has 4 atom stereocenters. The molecule has 1 saturated carbocycles. The second-order valence-corrected chi connectivity index (χ2v) is 10.2. The number of aliphatic imine (C=N–C) groups is 1. The third-order valence-corrected chi connectivity index (χ3v) is 8.29. The Balaban J connectivity index is 1.58. The minimum Gasteiger partial charge on any atom is -0.383 e. The first-order chi connectivity index (χ1) is 16.2. The number of pyridine rings is 2. The molecule has 0 saturated heterocycles.